The van der Waals surface area contributed by atoms with Crippen LogP contribution in [0.5, 0.6) is 0 Å². The molecule has 0 aromatic heterocycles. The molecule has 5 heteroatoms. The molecule has 0 spiro atoms. The Morgan fingerprint density at radius 1 is 1.00 bits per heavy atom. The van der Waals surface area contributed by atoms with Crippen LogP contribution in [0.25, 0.3) is 0 Å². The van der Waals surface area contributed by atoms with Gasteiger partial charge in [0.05, 0.1) is 39.6 Å². The van der Waals surface area contributed by atoms with Crippen molar-refractivity contribution in [1.29, 1.82) is 0 Å². The van der Waals surface area contributed by atoms with E-state index in [9.17, 15) is 0 Å². The average molecular weight is 220 g/mol. The summed E-state index contributed by atoms with van der Waals surface area (Å²) in [7, 11) is 3.25. The maximum Gasteiger partial charge on any atom is 0.104 e. The minimum Gasteiger partial charge on any atom is -0.388 e. The fraction of sp³-hybridized carbons (Fsp3) is 1.00. The topological polar surface area (TPSA) is 56.0 Å². The number of hydrogen-bond acceptors (Lipinski definition) is 5. The zero-order valence-electron chi connectivity index (χ0n) is 9.44. The first-order valence-corrected chi connectivity index (χ1v) is 5.15. The van der Waals surface area contributed by atoms with E-state index in [1.165, 1.54) is 0 Å². The fourth-order valence-electron chi connectivity index (χ4n) is 0.659. The van der Waals surface area contributed by atoms with Crippen LogP contribution >= 0.6 is 0 Å². The summed E-state index contributed by atoms with van der Waals surface area (Å²) < 4.78 is 23.9. The monoisotopic (exact) mass is 220 g/mol. The van der Waals surface area contributed by atoms with Gasteiger partial charge >= 0.3 is 0 Å². The molecule has 3 saturated heterocycles. The predicted octanol–water partition coefficient (Wildman–Crippen LogP) is 0.0798. The van der Waals surface area contributed by atoms with Crippen molar-refractivity contribution in [2.45, 2.75) is 12.2 Å². The summed E-state index contributed by atoms with van der Waals surface area (Å²) in [5.41, 5.74) is 0. The summed E-state index contributed by atoms with van der Waals surface area (Å²) in [5, 5.41) is 0. The molecule has 0 aliphatic carbocycles. The van der Waals surface area contributed by atoms with E-state index in [2.05, 4.69) is 9.47 Å². The summed E-state index contributed by atoms with van der Waals surface area (Å²) in [6, 6.07) is 0. The molecule has 3 heterocycles. The smallest absolute Gasteiger partial charge is 0.104 e. The molecule has 15 heavy (non-hydrogen) atoms. The van der Waals surface area contributed by atoms with Crippen LogP contribution < -0.4 is 0 Å². The first-order chi connectivity index (χ1) is 7.36. The molecule has 3 rings (SSSR count). The van der Waals surface area contributed by atoms with Gasteiger partial charge in [-0.15, -0.1) is 0 Å². The van der Waals surface area contributed by atoms with Gasteiger partial charge in [0, 0.05) is 14.2 Å². The number of ether oxygens (including phenoxy) is 5. The maximum atomic E-state index is 5.23. The zero-order valence-corrected chi connectivity index (χ0v) is 9.44. The summed E-state index contributed by atoms with van der Waals surface area (Å²) in [6.07, 6.45) is 0.785. The minimum absolute atomic E-state index is 0.392. The van der Waals surface area contributed by atoms with Gasteiger partial charge in [0.25, 0.3) is 0 Å². The Hall–Kier alpha value is -0.200. The van der Waals surface area contributed by atoms with E-state index in [1.807, 2.05) is 0 Å². The third kappa shape index (κ3) is 11.7. The molecule has 0 amide bonds. The van der Waals surface area contributed by atoms with E-state index in [1.54, 1.807) is 14.2 Å². The van der Waals surface area contributed by atoms with Crippen molar-refractivity contribution in [3.8, 4) is 0 Å². The molecule has 0 radical (unpaired) electrons. The molecule has 5 nitrogen and oxygen atoms in total. The van der Waals surface area contributed by atoms with E-state index in [0.29, 0.717) is 12.2 Å². The highest BCUT2D eigenvalue weighted by Gasteiger charge is 2.26. The van der Waals surface area contributed by atoms with Crippen LogP contribution in [-0.4, -0.2) is 66.1 Å². The molecule has 3 aliphatic rings. The van der Waals surface area contributed by atoms with Crippen LogP contribution in [0.4, 0.5) is 0 Å². The molecule has 3 aliphatic heterocycles. The molecule has 0 saturated carbocycles. The summed E-state index contributed by atoms with van der Waals surface area (Å²) >= 11 is 0. The third-order valence-electron chi connectivity index (χ3n) is 1.62. The van der Waals surface area contributed by atoms with Gasteiger partial charge in [-0.1, -0.05) is 0 Å². The van der Waals surface area contributed by atoms with Crippen LogP contribution in [-0.2, 0) is 23.7 Å². The second-order valence-electron chi connectivity index (χ2n) is 3.47. The van der Waals surface area contributed by atoms with E-state index in [4.69, 9.17) is 14.2 Å². The van der Waals surface area contributed by atoms with Crippen molar-refractivity contribution in [2.24, 2.45) is 0 Å². The Labute approximate surface area is 90.6 Å². The van der Waals surface area contributed by atoms with Crippen molar-refractivity contribution in [3.05, 3.63) is 0 Å². The SMILES string of the molecule is C(OCC1CO1)C1CO1.C1CO1.COC. The summed E-state index contributed by atoms with van der Waals surface area (Å²) in [6.45, 7) is 5.26. The summed E-state index contributed by atoms with van der Waals surface area (Å²) in [4.78, 5) is 0. The van der Waals surface area contributed by atoms with Crippen molar-refractivity contribution in [2.75, 3.05) is 53.9 Å². The molecule has 2 unspecified atom stereocenters. The zero-order chi connectivity index (χ0) is 10.9. The largest absolute Gasteiger partial charge is 0.388 e. The second kappa shape index (κ2) is 8.01. The number of methoxy groups -OCH3 is 1. The van der Waals surface area contributed by atoms with Crippen molar-refractivity contribution in [3.63, 3.8) is 0 Å². The lowest BCUT2D eigenvalue weighted by Crippen LogP contribution is -2.06. The molecular formula is C10H20O5. The van der Waals surface area contributed by atoms with E-state index in [0.717, 1.165) is 39.6 Å². The number of hydrogen-bond donors (Lipinski definition) is 0. The van der Waals surface area contributed by atoms with Crippen molar-refractivity contribution < 1.29 is 23.7 Å². The lowest BCUT2D eigenvalue weighted by molar-refractivity contribution is 0.102. The van der Waals surface area contributed by atoms with Gasteiger partial charge in [0.2, 0.25) is 0 Å². The Morgan fingerprint density at radius 3 is 1.53 bits per heavy atom. The molecular weight excluding hydrogens is 200 g/mol. The molecule has 0 aromatic carbocycles. The van der Waals surface area contributed by atoms with Crippen molar-refractivity contribution >= 4 is 0 Å². The molecule has 0 aromatic rings. The van der Waals surface area contributed by atoms with Gasteiger partial charge in [0.1, 0.15) is 12.2 Å². The lowest BCUT2D eigenvalue weighted by Gasteiger charge is -1.95. The van der Waals surface area contributed by atoms with Crippen LogP contribution in [0.1, 0.15) is 0 Å². The van der Waals surface area contributed by atoms with Gasteiger partial charge in [-0.3, -0.25) is 0 Å². The maximum absolute atomic E-state index is 5.23. The Morgan fingerprint density at radius 2 is 1.33 bits per heavy atom. The van der Waals surface area contributed by atoms with Crippen molar-refractivity contribution in [1.82, 2.24) is 0 Å². The van der Waals surface area contributed by atoms with E-state index in [-0.39, 0.29) is 0 Å². The molecule has 0 N–H and O–H groups in total. The van der Waals surface area contributed by atoms with E-state index < -0.39 is 0 Å². The molecule has 0 bridgehead atoms. The van der Waals surface area contributed by atoms with Crippen LogP contribution in [0, 0.1) is 0 Å². The van der Waals surface area contributed by atoms with Gasteiger partial charge in [0.15, 0.2) is 0 Å². The average Bonchev–Trinajstić information content (AvgIpc) is 2.99. The normalized spacial score (nSPS) is 29.2. The highest BCUT2D eigenvalue weighted by Crippen LogP contribution is 2.12. The highest BCUT2D eigenvalue weighted by atomic mass is 16.6. The lowest BCUT2D eigenvalue weighted by atomic mass is 10.5. The van der Waals surface area contributed by atoms with Gasteiger partial charge in [-0.05, 0) is 0 Å². The highest BCUT2D eigenvalue weighted by molar-refractivity contribution is 4.71. The van der Waals surface area contributed by atoms with Gasteiger partial charge < -0.3 is 23.7 Å². The molecule has 2 atom stereocenters. The Kier molecular flexibility index (Phi) is 6.87. The predicted molar refractivity (Wildman–Crippen MR) is 54.1 cm³/mol. The number of epoxide rings is 3. The van der Waals surface area contributed by atoms with Gasteiger partial charge in [-0.25, -0.2) is 0 Å². The fourth-order valence-corrected chi connectivity index (χ4v) is 0.659. The second-order valence-corrected chi connectivity index (χ2v) is 3.47. The Balaban J connectivity index is 0.000000156. The minimum atomic E-state index is 0.392. The molecule has 90 valence electrons. The third-order valence-corrected chi connectivity index (χ3v) is 1.62. The quantitative estimate of drug-likeness (QED) is 0.628. The first-order valence-electron chi connectivity index (χ1n) is 5.15. The first kappa shape index (κ1) is 12.9. The summed E-state index contributed by atoms with van der Waals surface area (Å²) in [5.74, 6) is 0. The molecule has 3 fully saturated rings. The van der Waals surface area contributed by atoms with Crippen LogP contribution in [0.2, 0.25) is 0 Å². The standard InChI is InChI=1S/C6H10O3.C2H4O.C2H6O/c1(5-3-8-5)7-2-6-4-9-6;1-2-3-1;1-3-2/h5-6H,1-4H2;1-2H2;1-2H3. The van der Waals surface area contributed by atoms with E-state index >= 15 is 0 Å². The van der Waals surface area contributed by atoms with Gasteiger partial charge in [-0.2, -0.15) is 0 Å². The van der Waals surface area contributed by atoms with Crippen LogP contribution in [0.15, 0.2) is 0 Å². The Bertz CT molecular complexity index is 128. The van der Waals surface area contributed by atoms with Crippen LogP contribution in [0.3, 0.4) is 0 Å². The number of rotatable bonds is 4.